The summed E-state index contributed by atoms with van der Waals surface area (Å²) in [6, 6.07) is 5.38. The normalized spacial score (nSPS) is 18.1. The second kappa shape index (κ2) is 4.93. The minimum Gasteiger partial charge on any atom is -0.387 e. The molecular weight excluding hydrogens is 266 g/mol. The molecule has 2 aromatic rings. The van der Waals surface area contributed by atoms with E-state index in [-0.39, 0.29) is 11.5 Å². The van der Waals surface area contributed by atoms with Crippen LogP contribution in [0.3, 0.4) is 0 Å². The summed E-state index contributed by atoms with van der Waals surface area (Å²) in [5.41, 5.74) is 1.86. The van der Waals surface area contributed by atoms with Gasteiger partial charge in [-0.3, -0.25) is 14.1 Å². The Morgan fingerprint density at radius 3 is 2.76 bits per heavy atom. The summed E-state index contributed by atoms with van der Waals surface area (Å²) < 4.78 is 1.55. The van der Waals surface area contributed by atoms with Crippen LogP contribution < -0.4 is 5.56 Å². The molecule has 0 bridgehead atoms. The fourth-order valence-electron chi connectivity index (χ4n) is 2.77. The van der Waals surface area contributed by atoms with Gasteiger partial charge in [-0.2, -0.15) is 0 Å². The first-order valence-corrected chi connectivity index (χ1v) is 7.31. The Bertz CT molecular complexity index is 730. The highest BCUT2D eigenvalue weighted by atomic mass is 16.3. The molecular formula is C16H21N3O2. The minimum atomic E-state index is -0.595. The molecule has 0 aromatic carbocycles. The van der Waals surface area contributed by atoms with Crippen LogP contribution in [-0.2, 0) is 6.54 Å². The molecule has 0 atom stereocenters. The SMILES string of the molecule is Cc1ccn2c(=O)cc(CN3CC(O)(C(C)C)C3)nc2c1. The van der Waals surface area contributed by atoms with E-state index in [9.17, 15) is 9.90 Å². The maximum atomic E-state index is 12.1. The lowest BCUT2D eigenvalue weighted by Crippen LogP contribution is -2.63. The van der Waals surface area contributed by atoms with Crippen molar-refractivity contribution < 1.29 is 5.11 Å². The summed E-state index contributed by atoms with van der Waals surface area (Å²) in [7, 11) is 0. The third kappa shape index (κ3) is 2.59. The van der Waals surface area contributed by atoms with Crippen molar-refractivity contribution in [2.75, 3.05) is 13.1 Å². The van der Waals surface area contributed by atoms with Gasteiger partial charge in [0.2, 0.25) is 0 Å². The molecule has 3 rings (SSSR count). The van der Waals surface area contributed by atoms with Crippen molar-refractivity contribution in [3.05, 3.63) is 46.0 Å². The number of hydrogen-bond donors (Lipinski definition) is 1. The lowest BCUT2D eigenvalue weighted by molar-refractivity contribution is -0.131. The number of pyridine rings is 1. The van der Waals surface area contributed by atoms with Crippen LogP contribution >= 0.6 is 0 Å². The Balaban J connectivity index is 1.81. The van der Waals surface area contributed by atoms with Crippen LogP contribution in [0, 0.1) is 12.8 Å². The van der Waals surface area contributed by atoms with Crippen molar-refractivity contribution in [1.82, 2.24) is 14.3 Å². The molecule has 0 spiro atoms. The molecule has 1 saturated heterocycles. The molecule has 112 valence electrons. The molecule has 0 aliphatic carbocycles. The molecule has 1 fully saturated rings. The molecule has 3 heterocycles. The molecule has 21 heavy (non-hydrogen) atoms. The number of aliphatic hydroxyl groups is 1. The second-order valence-electron chi connectivity index (χ2n) is 6.42. The number of likely N-dealkylation sites (tertiary alicyclic amines) is 1. The van der Waals surface area contributed by atoms with Gasteiger partial charge in [0.15, 0.2) is 0 Å². The van der Waals surface area contributed by atoms with Gasteiger partial charge in [-0.05, 0) is 30.5 Å². The van der Waals surface area contributed by atoms with Gasteiger partial charge >= 0.3 is 0 Å². The van der Waals surface area contributed by atoms with Gasteiger partial charge in [-0.15, -0.1) is 0 Å². The van der Waals surface area contributed by atoms with Gasteiger partial charge in [0.25, 0.3) is 5.56 Å². The molecule has 0 unspecified atom stereocenters. The first kappa shape index (κ1) is 14.2. The Labute approximate surface area is 123 Å². The van der Waals surface area contributed by atoms with Gasteiger partial charge < -0.3 is 5.11 Å². The summed E-state index contributed by atoms with van der Waals surface area (Å²) in [6.07, 6.45) is 1.75. The van der Waals surface area contributed by atoms with Gasteiger partial charge in [0.1, 0.15) is 5.65 Å². The predicted molar refractivity (Wildman–Crippen MR) is 81.3 cm³/mol. The number of nitrogens with zero attached hydrogens (tertiary/aromatic N) is 3. The first-order chi connectivity index (χ1) is 9.87. The van der Waals surface area contributed by atoms with Crippen molar-refractivity contribution in [3.8, 4) is 0 Å². The molecule has 5 nitrogen and oxygen atoms in total. The average Bonchev–Trinajstić information content (AvgIpc) is 2.35. The third-order valence-corrected chi connectivity index (χ3v) is 4.33. The van der Waals surface area contributed by atoms with Crippen LogP contribution in [0.4, 0.5) is 0 Å². The number of β-amino-alcohol motifs (C(OH)–C–C–N with tert-alkyl or cyclic N) is 1. The summed E-state index contributed by atoms with van der Waals surface area (Å²) in [6.45, 7) is 7.92. The summed E-state index contributed by atoms with van der Waals surface area (Å²) in [5.74, 6) is 0.242. The summed E-state index contributed by atoms with van der Waals surface area (Å²) in [5, 5.41) is 10.3. The molecule has 2 aromatic heterocycles. The molecule has 0 saturated carbocycles. The number of aromatic nitrogens is 2. The number of rotatable bonds is 3. The molecule has 0 amide bonds. The fraction of sp³-hybridized carbons (Fsp3) is 0.500. The average molecular weight is 287 g/mol. The van der Waals surface area contributed by atoms with Crippen LogP contribution in [0.2, 0.25) is 0 Å². The van der Waals surface area contributed by atoms with Crippen molar-refractivity contribution in [1.29, 1.82) is 0 Å². The van der Waals surface area contributed by atoms with Crippen LogP contribution in [0.1, 0.15) is 25.1 Å². The van der Waals surface area contributed by atoms with Gasteiger partial charge in [0.05, 0.1) is 11.3 Å². The van der Waals surface area contributed by atoms with Gasteiger partial charge in [0, 0.05) is 31.9 Å². The van der Waals surface area contributed by atoms with Crippen LogP contribution in [0.25, 0.3) is 5.65 Å². The van der Waals surface area contributed by atoms with Crippen LogP contribution in [0.15, 0.2) is 29.2 Å². The maximum absolute atomic E-state index is 12.1. The van der Waals surface area contributed by atoms with E-state index < -0.39 is 5.60 Å². The van der Waals surface area contributed by atoms with E-state index >= 15 is 0 Å². The molecule has 1 aliphatic rings. The van der Waals surface area contributed by atoms with E-state index in [2.05, 4.69) is 9.88 Å². The smallest absolute Gasteiger partial charge is 0.258 e. The largest absolute Gasteiger partial charge is 0.387 e. The first-order valence-electron chi connectivity index (χ1n) is 7.31. The topological polar surface area (TPSA) is 57.8 Å². The van der Waals surface area contributed by atoms with Gasteiger partial charge in [-0.1, -0.05) is 13.8 Å². The summed E-state index contributed by atoms with van der Waals surface area (Å²) >= 11 is 0. The Hall–Kier alpha value is -1.72. The number of hydrogen-bond acceptors (Lipinski definition) is 4. The predicted octanol–water partition coefficient (Wildman–Crippen LogP) is 1.21. The second-order valence-corrected chi connectivity index (χ2v) is 6.42. The Kier molecular flexibility index (Phi) is 3.34. The van der Waals surface area contributed by atoms with Crippen LogP contribution in [-0.4, -0.2) is 38.1 Å². The van der Waals surface area contributed by atoms with E-state index in [0.717, 1.165) is 11.3 Å². The Morgan fingerprint density at radius 1 is 1.38 bits per heavy atom. The minimum absolute atomic E-state index is 0.0605. The summed E-state index contributed by atoms with van der Waals surface area (Å²) in [4.78, 5) is 18.8. The monoisotopic (exact) mass is 287 g/mol. The van der Waals surface area contributed by atoms with Gasteiger partial charge in [-0.25, -0.2) is 4.98 Å². The highest BCUT2D eigenvalue weighted by molar-refractivity contribution is 5.41. The quantitative estimate of drug-likeness (QED) is 0.922. The molecule has 1 aliphatic heterocycles. The molecule has 5 heteroatoms. The number of aryl methyl sites for hydroxylation is 1. The van der Waals surface area contributed by atoms with E-state index in [4.69, 9.17) is 0 Å². The number of fused-ring (bicyclic) bond motifs is 1. The van der Waals surface area contributed by atoms with Crippen molar-refractivity contribution >= 4 is 5.65 Å². The van der Waals surface area contributed by atoms with E-state index in [1.54, 1.807) is 16.7 Å². The lowest BCUT2D eigenvalue weighted by Gasteiger charge is -2.49. The highest BCUT2D eigenvalue weighted by Crippen LogP contribution is 2.29. The zero-order valence-corrected chi connectivity index (χ0v) is 12.7. The van der Waals surface area contributed by atoms with Crippen molar-refractivity contribution in [3.63, 3.8) is 0 Å². The Morgan fingerprint density at radius 2 is 2.10 bits per heavy atom. The maximum Gasteiger partial charge on any atom is 0.258 e. The standard InChI is InChI=1S/C16H21N3O2/c1-11(2)16(21)9-18(10-16)8-13-7-15(20)19-5-4-12(3)6-14(19)17-13/h4-7,11,21H,8-10H2,1-3H3. The lowest BCUT2D eigenvalue weighted by atomic mass is 9.83. The molecule has 1 N–H and O–H groups in total. The van der Waals surface area contributed by atoms with E-state index in [1.165, 1.54) is 0 Å². The third-order valence-electron chi connectivity index (χ3n) is 4.33. The van der Waals surface area contributed by atoms with Crippen LogP contribution in [0.5, 0.6) is 0 Å². The van der Waals surface area contributed by atoms with E-state index in [0.29, 0.717) is 25.3 Å². The fourth-order valence-corrected chi connectivity index (χ4v) is 2.77. The zero-order valence-electron chi connectivity index (χ0n) is 12.7. The van der Waals surface area contributed by atoms with Crippen molar-refractivity contribution in [2.24, 2.45) is 5.92 Å². The van der Waals surface area contributed by atoms with E-state index in [1.807, 2.05) is 32.9 Å². The highest BCUT2D eigenvalue weighted by Gasteiger charge is 2.43. The molecule has 0 radical (unpaired) electrons. The van der Waals surface area contributed by atoms with Crippen molar-refractivity contribution in [2.45, 2.75) is 32.9 Å². The zero-order chi connectivity index (χ0) is 15.2.